The number of anilines is 1. The van der Waals surface area contributed by atoms with Crippen molar-refractivity contribution in [2.75, 3.05) is 31.1 Å². The zero-order valence-corrected chi connectivity index (χ0v) is 13.4. The lowest BCUT2D eigenvalue weighted by atomic mass is 10.3. The summed E-state index contributed by atoms with van der Waals surface area (Å²) in [4.78, 5) is 27.7. The van der Waals surface area contributed by atoms with Crippen LogP contribution in [0.2, 0.25) is 5.02 Å². The van der Waals surface area contributed by atoms with Gasteiger partial charge in [-0.3, -0.25) is 4.79 Å². The molecule has 0 aromatic carbocycles. The van der Waals surface area contributed by atoms with Crippen LogP contribution in [0, 0.1) is 11.6 Å². The van der Waals surface area contributed by atoms with Gasteiger partial charge in [-0.25, -0.2) is 23.7 Å². The van der Waals surface area contributed by atoms with E-state index in [4.69, 9.17) is 11.6 Å². The van der Waals surface area contributed by atoms with Gasteiger partial charge in [-0.15, -0.1) is 0 Å². The standard InChI is InChI=1S/C15H14ClF2N5O/c16-10-7-20-15(21-8-10)23-3-1-2-22(4-5-23)14(24)13-12(18)6-11(17)9-19-13/h6-9H,1-5H2. The van der Waals surface area contributed by atoms with Crippen LogP contribution in [0.4, 0.5) is 14.7 Å². The highest BCUT2D eigenvalue weighted by Crippen LogP contribution is 2.15. The molecule has 1 amide bonds. The van der Waals surface area contributed by atoms with E-state index in [0.29, 0.717) is 49.6 Å². The molecule has 0 saturated carbocycles. The summed E-state index contributed by atoms with van der Waals surface area (Å²) >= 11 is 5.78. The quantitative estimate of drug-likeness (QED) is 0.828. The summed E-state index contributed by atoms with van der Waals surface area (Å²) in [5.74, 6) is -1.79. The molecule has 0 bridgehead atoms. The molecule has 0 unspecified atom stereocenters. The number of amides is 1. The van der Waals surface area contributed by atoms with Crippen LogP contribution in [-0.2, 0) is 0 Å². The van der Waals surface area contributed by atoms with Gasteiger partial charge in [-0.1, -0.05) is 11.6 Å². The van der Waals surface area contributed by atoms with Crippen molar-refractivity contribution in [1.29, 1.82) is 0 Å². The van der Waals surface area contributed by atoms with E-state index in [1.165, 1.54) is 17.3 Å². The number of halogens is 3. The normalized spacial score (nSPS) is 15.3. The first-order valence-corrected chi connectivity index (χ1v) is 7.75. The largest absolute Gasteiger partial charge is 0.339 e. The zero-order valence-electron chi connectivity index (χ0n) is 12.6. The van der Waals surface area contributed by atoms with Crippen LogP contribution in [0.1, 0.15) is 16.9 Å². The Balaban J connectivity index is 1.71. The van der Waals surface area contributed by atoms with Crippen molar-refractivity contribution in [3.63, 3.8) is 0 Å². The van der Waals surface area contributed by atoms with Gasteiger partial charge < -0.3 is 9.80 Å². The summed E-state index contributed by atoms with van der Waals surface area (Å²) in [5, 5.41) is 0.447. The summed E-state index contributed by atoms with van der Waals surface area (Å²) < 4.78 is 26.7. The molecule has 1 aliphatic heterocycles. The third kappa shape index (κ3) is 3.59. The fraction of sp³-hybridized carbons (Fsp3) is 0.333. The second-order valence-corrected chi connectivity index (χ2v) is 5.75. The van der Waals surface area contributed by atoms with Gasteiger partial charge in [0.1, 0.15) is 5.82 Å². The molecule has 3 rings (SSSR count). The lowest BCUT2D eigenvalue weighted by molar-refractivity contribution is 0.0755. The zero-order chi connectivity index (χ0) is 17.1. The molecule has 0 radical (unpaired) electrons. The third-order valence-corrected chi connectivity index (χ3v) is 3.88. The predicted octanol–water partition coefficient (Wildman–Crippen LogP) is 2.16. The molecular formula is C15H14ClF2N5O. The molecule has 1 fully saturated rings. The highest BCUT2D eigenvalue weighted by Gasteiger charge is 2.24. The molecule has 0 spiro atoms. The van der Waals surface area contributed by atoms with Crippen LogP contribution in [0.25, 0.3) is 0 Å². The number of rotatable bonds is 2. The Morgan fingerprint density at radius 2 is 1.79 bits per heavy atom. The molecule has 1 saturated heterocycles. The Kier molecular flexibility index (Phi) is 4.84. The lowest BCUT2D eigenvalue weighted by Gasteiger charge is -2.21. The van der Waals surface area contributed by atoms with Gasteiger partial charge in [-0.05, 0) is 6.42 Å². The van der Waals surface area contributed by atoms with Gasteiger partial charge in [0.25, 0.3) is 5.91 Å². The smallest absolute Gasteiger partial charge is 0.275 e. The first kappa shape index (κ1) is 16.5. The van der Waals surface area contributed by atoms with Crippen LogP contribution < -0.4 is 4.90 Å². The van der Waals surface area contributed by atoms with Gasteiger partial charge in [0.05, 0.1) is 23.6 Å². The SMILES string of the molecule is O=C(c1ncc(F)cc1F)N1CCCN(c2ncc(Cl)cn2)CC1. The minimum absolute atomic E-state index is 0.364. The van der Waals surface area contributed by atoms with Gasteiger partial charge in [0.2, 0.25) is 5.95 Å². The highest BCUT2D eigenvalue weighted by molar-refractivity contribution is 6.30. The summed E-state index contributed by atoms with van der Waals surface area (Å²) in [6.45, 7) is 1.96. The molecule has 9 heteroatoms. The molecular weight excluding hydrogens is 340 g/mol. The van der Waals surface area contributed by atoms with E-state index >= 15 is 0 Å². The van der Waals surface area contributed by atoms with Gasteiger partial charge in [0, 0.05) is 32.2 Å². The van der Waals surface area contributed by atoms with Crippen LogP contribution in [-0.4, -0.2) is 51.9 Å². The van der Waals surface area contributed by atoms with Crippen molar-refractivity contribution in [1.82, 2.24) is 19.9 Å². The molecule has 0 atom stereocenters. The van der Waals surface area contributed by atoms with E-state index < -0.39 is 17.5 Å². The lowest BCUT2D eigenvalue weighted by Crippen LogP contribution is -2.36. The van der Waals surface area contributed by atoms with Crippen molar-refractivity contribution < 1.29 is 13.6 Å². The maximum absolute atomic E-state index is 13.7. The molecule has 1 aliphatic rings. The summed E-state index contributed by atoms with van der Waals surface area (Å²) in [6, 6.07) is 0.659. The topological polar surface area (TPSA) is 62.2 Å². The van der Waals surface area contributed by atoms with E-state index in [1.54, 1.807) is 0 Å². The number of carbonyl (C=O) groups is 1. The van der Waals surface area contributed by atoms with E-state index in [1.807, 2.05) is 4.90 Å². The highest BCUT2D eigenvalue weighted by atomic mass is 35.5. The summed E-state index contributed by atoms with van der Waals surface area (Å²) in [6.07, 6.45) is 4.52. The molecule has 126 valence electrons. The Morgan fingerprint density at radius 3 is 2.50 bits per heavy atom. The summed E-state index contributed by atoms with van der Waals surface area (Å²) in [7, 11) is 0. The van der Waals surface area contributed by atoms with Gasteiger partial charge >= 0.3 is 0 Å². The van der Waals surface area contributed by atoms with E-state index in [0.717, 1.165) is 6.20 Å². The molecule has 0 N–H and O–H groups in total. The maximum atomic E-state index is 13.7. The Hall–Kier alpha value is -2.35. The minimum Gasteiger partial charge on any atom is -0.339 e. The molecule has 2 aromatic heterocycles. The van der Waals surface area contributed by atoms with Crippen LogP contribution in [0.15, 0.2) is 24.7 Å². The Morgan fingerprint density at radius 1 is 1.04 bits per heavy atom. The predicted molar refractivity (Wildman–Crippen MR) is 83.9 cm³/mol. The second-order valence-electron chi connectivity index (χ2n) is 5.32. The number of pyridine rings is 1. The molecule has 2 aromatic rings. The van der Waals surface area contributed by atoms with Gasteiger partial charge in [-0.2, -0.15) is 0 Å². The molecule has 6 nitrogen and oxygen atoms in total. The average Bonchev–Trinajstić information content (AvgIpc) is 2.81. The monoisotopic (exact) mass is 353 g/mol. The molecule has 24 heavy (non-hydrogen) atoms. The molecule has 3 heterocycles. The fourth-order valence-corrected chi connectivity index (χ4v) is 2.61. The van der Waals surface area contributed by atoms with Crippen molar-refractivity contribution in [3.05, 3.63) is 47.0 Å². The maximum Gasteiger partial charge on any atom is 0.275 e. The van der Waals surface area contributed by atoms with Crippen molar-refractivity contribution in [2.24, 2.45) is 0 Å². The van der Waals surface area contributed by atoms with Crippen molar-refractivity contribution in [2.45, 2.75) is 6.42 Å². The van der Waals surface area contributed by atoms with E-state index in [2.05, 4.69) is 15.0 Å². The fourth-order valence-electron chi connectivity index (χ4n) is 2.51. The number of carbonyl (C=O) groups excluding carboxylic acids is 1. The number of aromatic nitrogens is 3. The average molecular weight is 354 g/mol. The van der Waals surface area contributed by atoms with E-state index in [9.17, 15) is 13.6 Å². The summed E-state index contributed by atoms with van der Waals surface area (Å²) in [5.41, 5.74) is -0.368. The Labute approximate surface area is 142 Å². The van der Waals surface area contributed by atoms with Crippen LogP contribution >= 0.6 is 11.6 Å². The second kappa shape index (κ2) is 7.04. The number of hydrogen-bond acceptors (Lipinski definition) is 5. The third-order valence-electron chi connectivity index (χ3n) is 3.68. The van der Waals surface area contributed by atoms with E-state index in [-0.39, 0.29) is 5.69 Å². The Bertz CT molecular complexity index is 743. The number of nitrogens with zero attached hydrogens (tertiary/aromatic N) is 5. The first-order valence-electron chi connectivity index (χ1n) is 7.37. The minimum atomic E-state index is -0.956. The first-order chi connectivity index (χ1) is 11.5. The molecule has 0 aliphatic carbocycles. The van der Waals surface area contributed by atoms with Gasteiger partial charge in [0.15, 0.2) is 11.5 Å². The van der Waals surface area contributed by atoms with Crippen LogP contribution in [0.5, 0.6) is 0 Å². The van der Waals surface area contributed by atoms with Crippen molar-refractivity contribution >= 4 is 23.5 Å². The van der Waals surface area contributed by atoms with Crippen molar-refractivity contribution in [3.8, 4) is 0 Å². The van der Waals surface area contributed by atoms with Crippen LogP contribution in [0.3, 0.4) is 0 Å². The number of hydrogen-bond donors (Lipinski definition) is 0.